The molecule has 1 N–H and O–H groups in total. The number of piperazine rings is 1. The van der Waals surface area contributed by atoms with E-state index in [2.05, 4.69) is 10.2 Å². The Hall–Kier alpha value is -3.52. The average molecular weight is 434 g/mol. The van der Waals surface area contributed by atoms with Crippen molar-refractivity contribution < 1.29 is 19.2 Å². The van der Waals surface area contributed by atoms with Crippen molar-refractivity contribution in [2.24, 2.45) is 0 Å². The summed E-state index contributed by atoms with van der Waals surface area (Å²) < 4.78 is 0. The van der Waals surface area contributed by atoms with E-state index in [-0.39, 0.29) is 36.6 Å². The summed E-state index contributed by atoms with van der Waals surface area (Å²) >= 11 is 0. The van der Waals surface area contributed by atoms with Crippen LogP contribution in [0.25, 0.3) is 0 Å². The van der Waals surface area contributed by atoms with Crippen LogP contribution in [0.3, 0.4) is 0 Å². The topological polar surface area (TPSA) is 90.0 Å². The molecule has 2 aliphatic heterocycles. The molecular formula is C24H26N4O4. The van der Waals surface area contributed by atoms with Crippen molar-refractivity contribution in [1.82, 2.24) is 14.7 Å². The molecule has 2 aromatic carbocycles. The molecule has 0 aliphatic carbocycles. The molecule has 0 atom stereocenters. The van der Waals surface area contributed by atoms with Crippen LogP contribution in [0.2, 0.25) is 0 Å². The first kappa shape index (κ1) is 21.7. The fraction of sp³-hybridized carbons (Fsp3) is 0.333. The van der Waals surface area contributed by atoms with Gasteiger partial charge in [-0.15, -0.1) is 0 Å². The lowest BCUT2D eigenvalue weighted by molar-refractivity contribution is -0.116. The maximum atomic E-state index is 12.6. The molecule has 32 heavy (non-hydrogen) atoms. The van der Waals surface area contributed by atoms with Gasteiger partial charge in [-0.3, -0.25) is 24.1 Å². The zero-order chi connectivity index (χ0) is 22.7. The molecule has 4 amide bonds. The third-order valence-electron chi connectivity index (χ3n) is 5.87. The number of carbonyl (C=O) groups excluding carboxylic acids is 4. The van der Waals surface area contributed by atoms with E-state index < -0.39 is 0 Å². The average Bonchev–Trinajstić information content (AvgIpc) is 3.05. The second-order valence-corrected chi connectivity index (χ2v) is 8.13. The zero-order valence-electron chi connectivity index (χ0n) is 18.0. The largest absolute Gasteiger partial charge is 0.336 e. The van der Waals surface area contributed by atoms with Crippen molar-refractivity contribution in [3.8, 4) is 0 Å². The highest BCUT2D eigenvalue weighted by atomic mass is 16.2. The van der Waals surface area contributed by atoms with Crippen LogP contribution in [-0.2, 0) is 4.79 Å². The summed E-state index contributed by atoms with van der Waals surface area (Å²) in [5, 5.41) is 2.80. The normalized spacial score (nSPS) is 16.3. The fourth-order valence-electron chi connectivity index (χ4n) is 3.95. The molecule has 0 saturated carbocycles. The molecule has 1 fully saturated rings. The number of nitrogens with one attached hydrogen (secondary N) is 1. The molecule has 2 heterocycles. The quantitative estimate of drug-likeness (QED) is 0.704. The minimum absolute atomic E-state index is 0.00285. The number of anilines is 1. The second-order valence-electron chi connectivity index (χ2n) is 8.13. The van der Waals surface area contributed by atoms with E-state index in [1.165, 1.54) is 4.90 Å². The van der Waals surface area contributed by atoms with Gasteiger partial charge >= 0.3 is 0 Å². The van der Waals surface area contributed by atoms with Crippen molar-refractivity contribution in [3.05, 3.63) is 65.2 Å². The predicted molar refractivity (Wildman–Crippen MR) is 120 cm³/mol. The number of benzene rings is 2. The van der Waals surface area contributed by atoms with E-state index >= 15 is 0 Å². The molecule has 2 aromatic rings. The number of amides is 4. The Morgan fingerprint density at radius 2 is 1.47 bits per heavy atom. The van der Waals surface area contributed by atoms with Gasteiger partial charge in [0.05, 0.1) is 11.1 Å². The van der Waals surface area contributed by atoms with Gasteiger partial charge in [0, 0.05) is 50.4 Å². The Kier molecular flexibility index (Phi) is 6.32. The summed E-state index contributed by atoms with van der Waals surface area (Å²) in [6, 6.07) is 13.6. The molecule has 0 aromatic heterocycles. The third kappa shape index (κ3) is 4.55. The minimum Gasteiger partial charge on any atom is -0.336 e. The lowest BCUT2D eigenvalue weighted by atomic mass is 10.1. The van der Waals surface area contributed by atoms with Crippen LogP contribution in [-0.4, -0.2) is 78.1 Å². The number of fused-ring (bicyclic) bond motifs is 1. The zero-order valence-corrected chi connectivity index (χ0v) is 18.0. The molecule has 0 radical (unpaired) electrons. The number of rotatable bonds is 6. The Bertz CT molecular complexity index is 1010. The van der Waals surface area contributed by atoms with Crippen molar-refractivity contribution in [1.29, 1.82) is 0 Å². The smallest absolute Gasteiger partial charge is 0.261 e. The van der Waals surface area contributed by atoms with Crippen LogP contribution >= 0.6 is 0 Å². The maximum absolute atomic E-state index is 12.6. The van der Waals surface area contributed by atoms with Gasteiger partial charge in [-0.05, 0) is 49.9 Å². The molecule has 1 saturated heterocycles. The van der Waals surface area contributed by atoms with Gasteiger partial charge in [0.15, 0.2) is 0 Å². The molecular weight excluding hydrogens is 408 g/mol. The van der Waals surface area contributed by atoms with E-state index in [1.807, 2.05) is 11.9 Å². The van der Waals surface area contributed by atoms with Crippen molar-refractivity contribution in [2.45, 2.75) is 12.8 Å². The SMILES string of the molecule is CN1CCN(C(=O)c2ccc(NC(=O)CCCN3C(=O)c4ccccc4C3=O)cc2)CC1. The first-order valence-electron chi connectivity index (χ1n) is 10.8. The molecule has 0 spiro atoms. The van der Waals surface area contributed by atoms with Crippen LogP contribution in [0.4, 0.5) is 5.69 Å². The highest BCUT2D eigenvalue weighted by Gasteiger charge is 2.34. The molecule has 8 nitrogen and oxygen atoms in total. The highest BCUT2D eigenvalue weighted by Crippen LogP contribution is 2.22. The van der Waals surface area contributed by atoms with Crippen molar-refractivity contribution in [3.63, 3.8) is 0 Å². The summed E-state index contributed by atoms with van der Waals surface area (Å²) in [6.07, 6.45) is 0.548. The maximum Gasteiger partial charge on any atom is 0.261 e. The Labute approximate surface area is 186 Å². The van der Waals surface area contributed by atoms with Crippen LogP contribution in [0, 0.1) is 0 Å². The Balaban J connectivity index is 1.25. The van der Waals surface area contributed by atoms with Gasteiger partial charge in [0.2, 0.25) is 5.91 Å². The molecule has 8 heteroatoms. The minimum atomic E-state index is -0.313. The molecule has 0 bridgehead atoms. The monoisotopic (exact) mass is 434 g/mol. The van der Waals surface area contributed by atoms with Crippen LogP contribution in [0.1, 0.15) is 43.9 Å². The first-order chi connectivity index (χ1) is 15.4. The van der Waals surface area contributed by atoms with Gasteiger partial charge in [-0.2, -0.15) is 0 Å². The van der Waals surface area contributed by atoms with Crippen LogP contribution < -0.4 is 5.32 Å². The second kappa shape index (κ2) is 9.32. The summed E-state index contributed by atoms with van der Waals surface area (Å²) in [4.78, 5) is 54.8. The number of likely N-dealkylation sites (N-methyl/N-ethyl adjacent to an activating group) is 1. The first-order valence-corrected chi connectivity index (χ1v) is 10.8. The molecule has 2 aliphatic rings. The van der Waals surface area contributed by atoms with Crippen LogP contribution in [0.5, 0.6) is 0 Å². The fourth-order valence-corrected chi connectivity index (χ4v) is 3.95. The predicted octanol–water partition coefficient (Wildman–Crippen LogP) is 2.09. The molecule has 0 unspecified atom stereocenters. The number of imide groups is 1. The van der Waals surface area contributed by atoms with E-state index in [0.29, 0.717) is 41.9 Å². The number of nitrogens with zero attached hydrogens (tertiary/aromatic N) is 3. The van der Waals surface area contributed by atoms with Gasteiger partial charge < -0.3 is 15.1 Å². The Morgan fingerprint density at radius 1 is 0.875 bits per heavy atom. The highest BCUT2D eigenvalue weighted by molar-refractivity contribution is 6.21. The van der Waals surface area contributed by atoms with Crippen molar-refractivity contribution in [2.75, 3.05) is 45.1 Å². The lowest BCUT2D eigenvalue weighted by Crippen LogP contribution is -2.47. The standard InChI is InChI=1S/C24H26N4O4/c1-26-13-15-27(16-14-26)22(30)17-8-10-18(11-9-17)25-21(29)7-4-12-28-23(31)19-5-2-3-6-20(19)24(28)32/h2-3,5-6,8-11H,4,7,12-16H2,1H3,(H,25,29). The van der Waals surface area contributed by atoms with Gasteiger partial charge in [0.1, 0.15) is 0 Å². The van der Waals surface area contributed by atoms with Crippen molar-refractivity contribution >= 4 is 29.3 Å². The number of hydrogen-bond acceptors (Lipinski definition) is 5. The van der Waals surface area contributed by atoms with Gasteiger partial charge in [-0.25, -0.2) is 0 Å². The number of hydrogen-bond donors (Lipinski definition) is 1. The summed E-state index contributed by atoms with van der Waals surface area (Å²) in [5.41, 5.74) is 2.02. The van der Waals surface area contributed by atoms with E-state index in [1.54, 1.807) is 48.5 Å². The van der Waals surface area contributed by atoms with E-state index in [4.69, 9.17) is 0 Å². The van der Waals surface area contributed by atoms with E-state index in [9.17, 15) is 19.2 Å². The van der Waals surface area contributed by atoms with E-state index in [0.717, 1.165) is 13.1 Å². The molecule has 166 valence electrons. The summed E-state index contributed by atoms with van der Waals surface area (Å²) in [7, 11) is 2.04. The summed E-state index contributed by atoms with van der Waals surface area (Å²) in [6.45, 7) is 3.33. The Morgan fingerprint density at radius 3 is 2.06 bits per heavy atom. The van der Waals surface area contributed by atoms with Crippen LogP contribution in [0.15, 0.2) is 48.5 Å². The molecule has 4 rings (SSSR count). The van der Waals surface area contributed by atoms with Gasteiger partial charge in [-0.1, -0.05) is 12.1 Å². The summed E-state index contributed by atoms with van der Waals surface area (Å²) in [5.74, 6) is -0.838. The van der Waals surface area contributed by atoms with Gasteiger partial charge in [0.25, 0.3) is 17.7 Å². The third-order valence-corrected chi connectivity index (χ3v) is 5.87. The number of carbonyl (C=O) groups is 4. The lowest BCUT2D eigenvalue weighted by Gasteiger charge is -2.32.